The molecule has 0 saturated carbocycles. The van der Waals surface area contributed by atoms with Gasteiger partial charge in [-0.25, -0.2) is 0 Å². The Labute approximate surface area is 111 Å². The van der Waals surface area contributed by atoms with Crippen molar-refractivity contribution in [2.45, 2.75) is 32.6 Å². The summed E-state index contributed by atoms with van der Waals surface area (Å²) in [7, 11) is 0. The van der Waals surface area contributed by atoms with Crippen molar-refractivity contribution in [2.24, 2.45) is 5.92 Å². The predicted molar refractivity (Wildman–Crippen MR) is 78.8 cm³/mol. The zero-order valence-electron chi connectivity index (χ0n) is 11.3. The number of hydrogen-bond acceptors (Lipinski definition) is 0. The second-order valence-electron chi connectivity index (χ2n) is 5.43. The molecule has 94 valence electrons. The summed E-state index contributed by atoms with van der Waals surface area (Å²) in [5, 5.41) is 0. The van der Waals surface area contributed by atoms with Gasteiger partial charge in [0.25, 0.3) is 0 Å². The molecule has 2 rings (SSSR count). The van der Waals surface area contributed by atoms with Crippen LogP contribution in [0.5, 0.6) is 0 Å². The van der Waals surface area contributed by atoms with Gasteiger partial charge in [0, 0.05) is 0 Å². The summed E-state index contributed by atoms with van der Waals surface area (Å²) in [5.74, 6) is 1.37. The van der Waals surface area contributed by atoms with E-state index in [1.807, 2.05) is 0 Å². The van der Waals surface area contributed by atoms with Gasteiger partial charge < -0.3 is 0 Å². The van der Waals surface area contributed by atoms with Crippen LogP contribution >= 0.6 is 0 Å². The van der Waals surface area contributed by atoms with Crippen LogP contribution in [0.4, 0.5) is 0 Å². The predicted octanol–water partition coefficient (Wildman–Crippen LogP) is 5.06. The van der Waals surface area contributed by atoms with Gasteiger partial charge in [-0.1, -0.05) is 74.5 Å². The van der Waals surface area contributed by atoms with E-state index in [0.29, 0.717) is 5.92 Å². The van der Waals surface area contributed by atoms with Crippen molar-refractivity contribution in [1.82, 2.24) is 0 Å². The van der Waals surface area contributed by atoms with E-state index in [-0.39, 0.29) is 0 Å². The van der Waals surface area contributed by atoms with Gasteiger partial charge >= 0.3 is 0 Å². The fraction of sp³-hybridized carbons (Fsp3) is 0.333. The Hall–Kier alpha value is -1.56. The van der Waals surface area contributed by atoms with Crippen molar-refractivity contribution in [2.75, 3.05) is 0 Å². The summed E-state index contributed by atoms with van der Waals surface area (Å²) >= 11 is 0. The quantitative estimate of drug-likeness (QED) is 0.683. The van der Waals surface area contributed by atoms with Gasteiger partial charge in [0.15, 0.2) is 0 Å². The fourth-order valence-corrected chi connectivity index (χ4v) is 2.53. The van der Waals surface area contributed by atoms with Gasteiger partial charge in [0.1, 0.15) is 0 Å². The molecule has 0 nitrogen and oxygen atoms in total. The van der Waals surface area contributed by atoms with Gasteiger partial charge in [-0.2, -0.15) is 0 Å². The average Bonchev–Trinajstić information content (AvgIpc) is 2.40. The van der Waals surface area contributed by atoms with Crippen molar-refractivity contribution >= 4 is 0 Å². The molecule has 0 aliphatic carbocycles. The molecule has 0 radical (unpaired) electrons. The summed E-state index contributed by atoms with van der Waals surface area (Å²) in [6.07, 6.45) is 2.39. The molecule has 0 saturated heterocycles. The lowest BCUT2D eigenvalue weighted by molar-refractivity contribution is 0.497. The van der Waals surface area contributed by atoms with E-state index in [2.05, 4.69) is 74.5 Å². The van der Waals surface area contributed by atoms with Gasteiger partial charge in [0.05, 0.1) is 0 Å². The first-order valence-corrected chi connectivity index (χ1v) is 6.84. The largest absolute Gasteiger partial charge is 0.0628 e. The molecule has 0 heterocycles. The number of hydrogen-bond donors (Lipinski definition) is 0. The van der Waals surface area contributed by atoms with Crippen molar-refractivity contribution in [3.8, 4) is 0 Å². The van der Waals surface area contributed by atoms with Gasteiger partial charge in [-0.15, -0.1) is 0 Å². The second kappa shape index (κ2) is 6.39. The van der Waals surface area contributed by atoms with Crippen LogP contribution in [0.2, 0.25) is 0 Å². The molecule has 2 aromatic rings. The Kier molecular flexibility index (Phi) is 4.58. The molecule has 0 aromatic heterocycles. The molecule has 1 atom stereocenters. The number of rotatable bonds is 5. The monoisotopic (exact) mass is 238 g/mol. The van der Waals surface area contributed by atoms with Gasteiger partial charge in [0.2, 0.25) is 0 Å². The molecule has 0 unspecified atom stereocenters. The summed E-state index contributed by atoms with van der Waals surface area (Å²) < 4.78 is 0. The molecule has 0 aliphatic heterocycles. The topological polar surface area (TPSA) is 0 Å². The van der Waals surface area contributed by atoms with Crippen molar-refractivity contribution in [3.63, 3.8) is 0 Å². The van der Waals surface area contributed by atoms with Crippen molar-refractivity contribution < 1.29 is 0 Å². The molecule has 0 amide bonds. The van der Waals surface area contributed by atoms with Crippen LogP contribution in [0.1, 0.15) is 37.3 Å². The van der Waals surface area contributed by atoms with Crippen LogP contribution in [-0.4, -0.2) is 0 Å². The minimum atomic E-state index is 0.633. The standard InChI is InChI=1S/C18H22/c1-15(2)13-18(17-11-7-4-8-12-17)14-16-9-5-3-6-10-16/h3-12,15,18H,13-14H2,1-2H3/t18-/m0/s1. The highest BCUT2D eigenvalue weighted by Crippen LogP contribution is 2.27. The van der Waals surface area contributed by atoms with Crippen molar-refractivity contribution in [3.05, 3.63) is 71.8 Å². The third-order valence-corrected chi connectivity index (χ3v) is 3.35. The molecule has 0 aliphatic rings. The Morgan fingerprint density at radius 3 is 1.89 bits per heavy atom. The summed E-state index contributed by atoms with van der Waals surface area (Å²) in [6.45, 7) is 4.61. The van der Waals surface area contributed by atoms with E-state index in [4.69, 9.17) is 0 Å². The maximum atomic E-state index is 2.31. The van der Waals surface area contributed by atoms with E-state index in [0.717, 1.165) is 12.3 Å². The molecular formula is C18H22. The van der Waals surface area contributed by atoms with E-state index in [1.54, 1.807) is 0 Å². The highest BCUT2D eigenvalue weighted by atomic mass is 14.2. The van der Waals surface area contributed by atoms with Crippen LogP contribution in [-0.2, 0) is 6.42 Å². The maximum Gasteiger partial charge on any atom is -0.0119 e. The normalized spacial score (nSPS) is 12.6. The van der Waals surface area contributed by atoms with Crippen LogP contribution in [0.15, 0.2) is 60.7 Å². The maximum absolute atomic E-state index is 2.31. The third kappa shape index (κ3) is 3.73. The molecule has 0 heteroatoms. The van der Waals surface area contributed by atoms with E-state index in [1.165, 1.54) is 17.5 Å². The fourth-order valence-electron chi connectivity index (χ4n) is 2.53. The Morgan fingerprint density at radius 1 is 0.778 bits per heavy atom. The van der Waals surface area contributed by atoms with E-state index in [9.17, 15) is 0 Å². The lowest BCUT2D eigenvalue weighted by atomic mass is 9.85. The third-order valence-electron chi connectivity index (χ3n) is 3.35. The van der Waals surface area contributed by atoms with Gasteiger partial charge in [-0.05, 0) is 35.8 Å². The molecule has 0 bridgehead atoms. The van der Waals surface area contributed by atoms with Crippen LogP contribution in [0, 0.1) is 5.92 Å². The van der Waals surface area contributed by atoms with Crippen molar-refractivity contribution in [1.29, 1.82) is 0 Å². The molecule has 0 spiro atoms. The smallest absolute Gasteiger partial charge is 0.0119 e. The minimum absolute atomic E-state index is 0.633. The zero-order chi connectivity index (χ0) is 12.8. The highest BCUT2D eigenvalue weighted by molar-refractivity contribution is 5.24. The Balaban J connectivity index is 2.16. The number of benzene rings is 2. The summed E-state index contributed by atoms with van der Waals surface area (Å²) in [4.78, 5) is 0. The lowest BCUT2D eigenvalue weighted by Gasteiger charge is -2.19. The van der Waals surface area contributed by atoms with Crippen LogP contribution in [0.3, 0.4) is 0 Å². The Morgan fingerprint density at radius 2 is 1.33 bits per heavy atom. The molecular weight excluding hydrogens is 216 g/mol. The molecule has 0 N–H and O–H groups in total. The Bertz CT molecular complexity index is 442. The highest BCUT2D eigenvalue weighted by Gasteiger charge is 2.13. The van der Waals surface area contributed by atoms with E-state index >= 15 is 0 Å². The zero-order valence-corrected chi connectivity index (χ0v) is 11.3. The first-order chi connectivity index (χ1) is 8.75. The summed E-state index contributed by atoms with van der Waals surface area (Å²) in [5.41, 5.74) is 2.90. The molecule has 2 aromatic carbocycles. The SMILES string of the molecule is CC(C)C[C@@H](Cc1ccccc1)c1ccccc1. The van der Waals surface area contributed by atoms with Crippen LogP contribution in [0.25, 0.3) is 0 Å². The van der Waals surface area contributed by atoms with Gasteiger partial charge in [-0.3, -0.25) is 0 Å². The average molecular weight is 238 g/mol. The summed E-state index contributed by atoms with van der Waals surface area (Å²) in [6, 6.07) is 21.7. The molecule has 0 fully saturated rings. The lowest BCUT2D eigenvalue weighted by Crippen LogP contribution is -2.06. The van der Waals surface area contributed by atoms with Crippen LogP contribution < -0.4 is 0 Å². The first kappa shape index (κ1) is 12.9. The molecule has 18 heavy (non-hydrogen) atoms. The van der Waals surface area contributed by atoms with E-state index < -0.39 is 0 Å². The first-order valence-electron chi connectivity index (χ1n) is 6.84. The minimum Gasteiger partial charge on any atom is -0.0628 e. The second-order valence-corrected chi connectivity index (χ2v) is 5.43.